The molecule has 0 amide bonds. The molecule has 3 nitrogen and oxygen atoms in total. The largest absolute Gasteiger partial charge is 0.288 e. The first-order chi connectivity index (χ1) is 8.49. The van der Waals surface area contributed by atoms with Crippen molar-refractivity contribution in [2.24, 2.45) is 0 Å². The molecule has 0 aliphatic heterocycles. The predicted octanol–water partition coefficient (Wildman–Crippen LogP) is 5.22. The van der Waals surface area contributed by atoms with Crippen LogP contribution in [0.1, 0.15) is 0 Å². The van der Waals surface area contributed by atoms with E-state index in [1.807, 2.05) is 0 Å². The summed E-state index contributed by atoms with van der Waals surface area (Å²) in [5, 5.41) is 11.8. The fourth-order valence-electron chi connectivity index (χ4n) is 1.59. The van der Waals surface area contributed by atoms with Gasteiger partial charge in [-0.15, -0.1) is 0 Å². The van der Waals surface area contributed by atoms with Crippen molar-refractivity contribution >= 4 is 40.5 Å². The van der Waals surface area contributed by atoms with Crippen LogP contribution in [0.15, 0.2) is 36.4 Å². The summed E-state index contributed by atoms with van der Waals surface area (Å²) in [7, 11) is 0. The highest BCUT2D eigenvalue weighted by molar-refractivity contribution is 6.37. The van der Waals surface area contributed by atoms with Gasteiger partial charge in [-0.1, -0.05) is 46.9 Å². The Kier molecular flexibility index (Phi) is 3.76. The molecule has 0 bridgehead atoms. The average Bonchev–Trinajstić information content (AvgIpc) is 2.27. The number of hydrogen-bond donors (Lipinski definition) is 0. The van der Waals surface area contributed by atoms with Crippen molar-refractivity contribution in [2.45, 2.75) is 0 Å². The molecule has 0 aliphatic carbocycles. The van der Waals surface area contributed by atoms with Crippen LogP contribution >= 0.6 is 34.8 Å². The quantitative estimate of drug-likeness (QED) is 0.563. The molecule has 0 radical (unpaired) electrons. The highest BCUT2D eigenvalue weighted by atomic mass is 35.5. The number of halogens is 3. The van der Waals surface area contributed by atoms with Crippen molar-refractivity contribution in [1.82, 2.24) is 0 Å². The molecule has 0 aromatic heterocycles. The molecule has 0 spiro atoms. The Balaban J connectivity index is 2.64. The molecule has 0 unspecified atom stereocenters. The fourth-order valence-corrected chi connectivity index (χ4v) is 2.42. The molecule has 0 saturated heterocycles. The molecule has 0 aliphatic rings. The van der Waals surface area contributed by atoms with Gasteiger partial charge in [-0.3, -0.25) is 10.1 Å². The third kappa shape index (κ3) is 2.58. The third-order valence-corrected chi connectivity index (χ3v) is 3.18. The molecule has 18 heavy (non-hydrogen) atoms. The lowest BCUT2D eigenvalue weighted by molar-refractivity contribution is -0.384. The summed E-state index contributed by atoms with van der Waals surface area (Å²) in [5.41, 5.74) is 1.02. The zero-order chi connectivity index (χ0) is 13.3. The summed E-state index contributed by atoms with van der Waals surface area (Å²) in [6.45, 7) is 0. The SMILES string of the molecule is O=[N+]([O-])c1cccc(-c2cc(Cl)cc(Cl)c2)c1Cl. The van der Waals surface area contributed by atoms with E-state index in [-0.39, 0.29) is 10.7 Å². The molecule has 0 atom stereocenters. The Labute approximate surface area is 118 Å². The van der Waals surface area contributed by atoms with E-state index < -0.39 is 4.92 Å². The molecule has 0 heterocycles. The van der Waals surface area contributed by atoms with Crippen LogP contribution in [0.5, 0.6) is 0 Å². The van der Waals surface area contributed by atoms with Gasteiger partial charge in [-0.2, -0.15) is 0 Å². The number of nitro groups is 1. The summed E-state index contributed by atoms with van der Waals surface area (Å²) < 4.78 is 0. The monoisotopic (exact) mass is 301 g/mol. The van der Waals surface area contributed by atoms with Crippen molar-refractivity contribution < 1.29 is 4.92 Å². The lowest BCUT2D eigenvalue weighted by Gasteiger charge is -2.06. The van der Waals surface area contributed by atoms with Gasteiger partial charge in [0.1, 0.15) is 5.02 Å². The van der Waals surface area contributed by atoms with Gasteiger partial charge in [0, 0.05) is 21.7 Å². The predicted molar refractivity (Wildman–Crippen MR) is 73.6 cm³/mol. The Hall–Kier alpha value is -1.29. The summed E-state index contributed by atoms with van der Waals surface area (Å²) in [6.07, 6.45) is 0. The Bertz CT molecular complexity index is 608. The van der Waals surface area contributed by atoms with E-state index in [4.69, 9.17) is 34.8 Å². The van der Waals surface area contributed by atoms with Crippen LogP contribution in [0, 0.1) is 10.1 Å². The summed E-state index contributed by atoms with van der Waals surface area (Å²) >= 11 is 17.8. The van der Waals surface area contributed by atoms with E-state index in [0.29, 0.717) is 21.2 Å². The molecule has 2 aromatic rings. The maximum Gasteiger partial charge on any atom is 0.288 e. The van der Waals surface area contributed by atoms with Gasteiger partial charge < -0.3 is 0 Å². The van der Waals surface area contributed by atoms with E-state index in [1.165, 1.54) is 6.07 Å². The zero-order valence-electron chi connectivity index (χ0n) is 8.86. The second kappa shape index (κ2) is 5.14. The highest BCUT2D eigenvalue weighted by Crippen LogP contribution is 2.36. The zero-order valence-corrected chi connectivity index (χ0v) is 11.1. The number of rotatable bonds is 2. The van der Waals surface area contributed by atoms with Gasteiger partial charge in [-0.25, -0.2) is 0 Å². The first-order valence-electron chi connectivity index (χ1n) is 4.88. The van der Waals surface area contributed by atoms with E-state index >= 15 is 0 Å². The number of nitrogens with zero attached hydrogens (tertiary/aromatic N) is 1. The molecule has 0 N–H and O–H groups in total. The first-order valence-corrected chi connectivity index (χ1v) is 6.02. The molecule has 6 heteroatoms. The van der Waals surface area contributed by atoms with Gasteiger partial charge in [-0.05, 0) is 23.8 Å². The van der Waals surface area contributed by atoms with Crippen LogP contribution in [0.2, 0.25) is 15.1 Å². The number of benzene rings is 2. The van der Waals surface area contributed by atoms with Gasteiger partial charge in [0.2, 0.25) is 0 Å². The normalized spacial score (nSPS) is 10.4. The van der Waals surface area contributed by atoms with Crippen LogP contribution in [0.4, 0.5) is 5.69 Å². The fraction of sp³-hybridized carbons (Fsp3) is 0. The van der Waals surface area contributed by atoms with Crippen molar-refractivity contribution in [3.05, 3.63) is 61.6 Å². The lowest BCUT2D eigenvalue weighted by Crippen LogP contribution is -1.90. The average molecular weight is 303 g/mol. The molecule has 92 valence electrons. The molecule has 2 rings (SSSR count). The Morgan fingerprint density at radius 2 is 1.61 bits per heavy atom. The van der Waals surface area contributed by atoms with Crippen molar-refractivity contribution in [3.8, 4) is 11.1 Å². The van der Waals surface area contributed by atoms with Crippen molar-refractivity contribution in [3.63, 3.8) is 0 Å². The molecular formula is C12H6Cl3NO2. The maximum atomic E-state index is 10.8. The second-order valence-electron chi connectivity index (χ2n) is 3.55. The second-order valence-corrected chi connectivity index (χ2v) is 4.80. The van der Waals surface area contributed by atoms with Crippen LogP contribution in [-0.4, -0.2) is 4.92 Å². The van der Waals surface area contributed by atoms with E-state index in [2.05, 4.69) is 0 Å². The number of nitro benzene ring substituents is 1. The Morgan fingerprint density at radius 1 is 1.00 bits per heavy atom. The first kappa shape index (κ1) is 13.1. The molecular weight excluding hydrogens is 296 g/mol. The van der Waals surface area contributed by atoms with Crippen LogP contribution < -0.4 is 0 Å². The van der Waals surface area contributed by atoms with Gasteiger partial charge in [0.15, 0.2) is 0 Å². The van der Waals surface area contributed by atoms with Crippen LogP contribution in [-0.2, 0) is 0 Å². The minimum Gasteiger partial charge on any atom is -0.258 e. The van der Waals surface area contributed by atoms with Gasteiger partial charge in [0.25, 0.3) is 5.69 Å². The van der Waals surface area contributed by atoms with Crippen LogP contribution in [0.3, 0.4) is 0 Å². The lowest BCUT2D eigenvalue weighted by atomic mass is 10.1. The summed E-state index contributed by atoms with van der Waals surface area (Å²) in [4.78, 5) is 10.3. The molecule has 0 fully saturated rings. The van der Waals surface area contributed by atoms with Gasteiger partial charge >= 0.3 is 0 Å². The number of hydrogen-bond acceptors (Lipinski definition) is 2. The smallest absolute Gasteiger partial charge is 0.258 e. The minimum atomic E-state index is -0.530. The highest BCUT2D eigenvalue weighted by Gasteiger charge is 2.16. The van der Waals surface area contributed by atoms with Crippen molar-refractivity contribution in [1.29, 1.82) is 0 Å². The van der Waals surface area contributed by atoms with E-state index in [1.54, 1.807) is 30.3 Å². The molecule has 0 saturated carbocycles. The third-order valence-electron chi connectivity index (χ3n) is 2.35. The minimum absolute atomic E-state index is 0.0702. The van der Waals surface area contributed by atoms with E-state index in [9.17, 15) is 10.1 Å². The Morgan fingerprint density at radius 3 is 2.17 bits per heavy atom. The molecule has 2 aromatic carbocycles. The maximum absolute atomic E-state index is 10.8. The summed E-state index contributed by atoms with van der Waals surface area (Å²) in [5.74, 6) is 0. The van der Waals surface area contributed by atoms with Gasteiger partial charge in [0.05, 0.1) is 4.92 Å². The topological polar surface area (TPSA) is 43.1 Å². The standard InChI is InChI=1S/C12H6Cl3NO2/c13-8-4-7(5-9(14)6-8)10-2-1-3-11(12(10)15)16(17)18/h1-6H. The summed E-state index contributed by atoms with van der Waals surface area (Å²) in [6, 6.07) is 9.47. The van der Waals surface area contributed by atoms with E-state index in [0.717, 1.165) is 0 Å². The van der Waals surface area contributed by atoms with Crippen LogP contribution in [0.25, 0.3) is 11.1 Å². The van der Waals surface area contributed by atoms with Crippen molar-refractivity contribution in [2.75, 3.05) is 0 Å².